The summed E-state index contributed by atoms with van der Waals surface area (Å²) in [5.41, 5.74) is 8.74. The number of fused-ring (bicyclic) bond motifs is 4. The summed E-state index contributed by atoms with van der Waals surface area (Å²) in [5.74, 6) is 0.990. The molecule has 0 bridgehead atoms. The average molecular weight is 708 g/mol. The molecule has 0 unspecified atom stereocenters. The highest BCUT2D eigenvalue weighted by Gasteiger charge is 2.34. The third-order valence-electron chi connectivity index (χ3n) is 11.1. The third kappa shape index (κ3) is 5.65. The first-order valence-corrected chi connectivity index (χ1v) is 18.1. The Morgan fingerprint density at radius 1 is 0.830 bits per heavy atom. The first kappa shape index (κ1) is 32.7. The van der Waals surface area contributed by atoms with Crippen molar-refractivity contribution >= 4 is 34.1 Å². The number of aryl methyl sites for hydroxylation is 1. The molecule has 3 aliphatic heterocycles. The highest BCUT2D eigenvalue weighted by molar-refractivity contribution is 6.08. The van der Waals surface area contributed by atoms with E-state index in [2.05, 4.69) is 69.6 Å². The van der Waals surface area contributed by atoms with E-state index in [1.54, 1.807) is 36.2 Å². The van der Waals surface area contributed by atoms with Crippen LogP contribution >= 0.6 is 0 Å². The molecule has 5 heterocycles. The van der Waals surface area contributed by atoms with Crippen molar-refractivity contribution in [2.45, 2.75) is 39.0 Å². The Hall–Kier alpha value is -6.16. The molecule has 0 saturated heterocycles. The number of phenols is 1. The van der Waals surface area contributed by atoms with Gasteiger partial charge in [-0.25, -0.2) is 0 Å². The van der Waals surface area contributed by atoms with Crippen molar-refractivity contribution in [1.82, 2.24) is 14.0 Å². The molecular weight excluding hydrogens is 667 g/mol. The van der Waals surface area contributed by atoms with E-state index in [1.807, 2.05) is 36.2 Å². The van der Waals surface area contributed by atoms with Crippen LogP contribution in [0.3, 0.4) is 0 Å². The molecule has 2 aromatic heterocycles. The molecular formula is C43H41N5O5. The molecule has 268 valence electrons. The van der Waals surface area contributed by atoms with Crippen LogP contribution < -0.4 is 19.3 Å². The SMILES string of the molecule is C[C@@H]1Cc2ccccc2CN1C(=O)c1cc2c(cc1-c1cc(C(=O)N(C)c3ccc(O)cc3)c3n1CCN(c1ccc4c(ccn4C)c1)C3)OCCO2. The van der Waals surface area contributed by atoms with Gasteiger partial charge in [0.25, 0.3) is 11.8 Å². The molecule has 1 N–H and O–H groups in total. The molecule has 0 radical (unpaired) electrons. The van der Waals surface area contributed by atoms with E-state index in [9.17, 15) is 14.7 Å². The molecule has 10 nitrogen and oxygen atoms in total. The fourth-order valence-electron chi connectivity index (χ4n) is 8.15. The summed E-state index contributed by atoms with van der Waals surface area (Å²) < 4.78 is 16.4. The number of phenolic OH excluding ortho intramolecular Hbond substituents is 1. The predicted octanol–water partition coefficient (Wildman–Crippen LogP) is 7.01. The van der Waals surface area contributed by atoms with Crippen molar-refractivity contribution in [3.05, 3.63) is 125 Å². The van der Waals surface area contributed by atoms with Gasteiger partial charge in [-0.3, -0.25) is 9.59 Å². The summed E-state index contributed by atoms with van der Waals surface area (Å²) in [7, 11) is 3.79. The summed E-state index contributed by atoms with van der Waals surface area (Å²) in [6, 6.07) is 29.2. The summed E-state index contributed by atoms with van der Waals surface area (Å²) in [6.07, 6.45) is 2.84. The molecule has 0 aliphatic carbocycles. The second-order valence-electron chi connectivity index (χ2n) is 14.3. The minimum absolute atomic E-state index is 0.00806. The number of carbonyl (C=O) groups excluding carboxylic acids is 2. The number of ether oxygens (including phenoxy) is 2. The molecule has 6 aromatic rings. The normalized spacial score (nSPS) is 16.3. The van der Waals surface area contributed by atoms with Crippen LogP contribution in [0.1, 0.15) is 44.5 Å². The van der Waals surface area contributed by atoms with Crippen LogP contribution in [-0.2, 0) is 33.1 Å². The quantitative estimate of drug-likeness (QED) is 0.208. The zero-order valence-electron chi connectivity index (χ0n) is 30.1. The summed E-state index contributed by atoms with van der Waals surface area (Å²) in [5, 5.41) is 11.1. The zero-order chi connectivity index (χ0) is 36.4. The Morgan fingerprint density at radius 2 is 1.58 bits per heavy atom. The summed E-state index contributed by atoms with van der Waals surface area (Å²) >= 11 is 0. The van der Waals surface area contributed by atoms with Gasteiger partial charge in [0.2, 0.25) is 0 Å². The van der Waals surface area contributed by atoms with E-state index in [4.69, 9.17) is 9.47 Å². The molecule has 53 heavy (non-hydrogen) atoms. The largest absolute Gasteiger partial charge is 0.508 e. The van der Waals surface area contributed by atoms with Crippen molar-refractivity contribution in [3.8, 4) is 28.5 Å². The highest BCUT2D eigenvalue weighted by Crippen LogP contribution is 2.42. The van der Waals surface area contributed by atoms with Crippen LogP contribution in [-0.4, -0.2) is 63.8 Å². The van der Waals surface area contributed by atoms with Gasteiger partial charge in [0.1, 0.15) is 19.0 Å². The summed E-state index contributed by atoms with van der Waals surface area (Å²) in [4.78, 5) is 35.2. The average Bonchev–Trinajstić information content (AvgIpc) is 3.76. The predicted molar refractivity (Wildman–Crippen MR) is 205 cm³/mol. The second kappa shape index (κ2) is 12.8. The fourth-order valence-corrected chi connectivity index (χ4v) is 8.15. The van der Waals surface area contributed by atoms with Gasteiger partial charge in [-0.2, -0.15) is 0 Å². The lowest BCUT2D eigenvalue weighted by atomic mass is 9.93. The summed E-state index contributed by atoms with van der Waals surface area (Å²) in [6.45, 7) is 5.23. The van der Waals surface area contributed by atoms with E-state index in [1.165, 1.54) is 5.56 Å². The molecule has 2 amide bonds. The van der Waals surface area contributed by atoms with E-state index in [0.29, 0.717) is 73.3 Å². The lowest BCUT2D eigenvalue weighted by Gasteiger charge is -2.36. The minimum atomic E-state index is -0.183. The van der Waals surface area contributed by atoms with Crippen LogP contribution in [0.4, 0.5) is 11.4 Å². The van der Waals surface area contributed by atoms with Gasteiger partial charge in [-0.05, 0) is 91.2 Å². The molecule has 0 saturated carbocycles. The Labute approximate surface area is 308 Å². The number of aromatic nitrogens is 2. The van der Waals surface area contributed by atoms with Crippen molar-refractivity contribution in [3.63, 3.8) is 0 Å². The molecule has 1 atom stereocenters. The fraction of sp³-hybridized carbons (Fsp3) is 0.256. The number of rotatable bonds is 5. The smallest absolute Gasteiger partial charge is 0.259 e. The van der Waals surface area contributed by atoms with Gasteiger partial charge in [0.15, 0.2) is 11.5 Å². The third-order valence-corrected chi connectivity index (χ3v) is 11.1. The number of carbonyl (C=O) groups is 2. The number of aromatic hydroxyl groups is 1. The van der Waals surface area contributed by atoms with Crippen molar-refractivity contribution in [1.29, 1.82) is 0 Å². The molecule has 3 aliphatic rings. The van der Waals surface area contributed by atoms with Crippen LogP contribution in [0.15, 0.2) is 97.2 Å². The van der Waals surface area contributed by atoms with E-state index >= 15 is 0 Å². The Bertz CT molecular complexity index is 2410. The maximum absolute atomic E-state index is 14.8. The molecule has 10 heteroatoms. The van der Waals surface area contributed by atoms with Crippen molar-refractivity contribution in [2.24, 2.45) is 7.05 Å². The Kier molecular flexibility index (Phi) is 7.91. The van der Waals surface area contributed by atoms with Gasteiger partial charge in [0, 0.05) is 73.8 Å². The molecule has 0 fully saturated rings. The zero-order valence-corrected chi connectivity index (χ0v) is 30.1. The molecule has 4 aromatic carbocycles. The monoisotopic (exact) mass is 707 g/mol. The maximum atomic E-state index is 14.8. The number of anilines is 2. The van der Waals surface area contributed by atoms with Crippen LogP contribution in [0, 0.1) is 0 Å². The number of benzene rings is 4. The van der Waals surface area contributed by atoms with Gasteiger partial charge in [0.05, 0.1) is 29.1 Å². The number of nitrogens with zero attached hydrogens (tertiary/aromatic N) is 5. The van der Waals surface area contributed by atoms with Crippen LogP contribution in [0.2, 0.25) is 0 Å². The highest BCUT2D eigenvalue weighted by atomic mass is 16.6. The topological polar surface area (TPSA) is 92.4 Å². The standard InChI is InChI=1S/C43H41N5O5/c1-27-20-28-6-4-5-7-30(28)25-48(27)43(51)35-24-41-40(52-18-19-53-41)23-34(35)38-22-36(42(50)45(3)31-8-11-33(49)12-9-31)39-26-46(16-17-47(38)39)32-10-13-37-29(21-32)14-15-44(37)2/h4-15,21-24,27,49H,16-20,25-26H2,1-3H3/t27-/m1/s1. The van der Waals surface area contributed by atoms with E-state index in [-0.39, 0.29) is 23.6 Å². The van der Waals surface area contributed by atoms with Gasteiger partial charge in [-0.15, -0.1) is 0 Å². The Morgan fingerprint density at radius 3 is 2.38 bits per heavy atom. The van der Waals surface area contributed by atoms with Gasteiger partial charge >= 0.3 is 0 Å². The lowest BCUT2D eigenvalue weighted by molar-refractivity contribution is 0.0657. The molecule has 9 rings (SSSR count). The Balaban J connectivity index is 1.17. The number of amides is 2. The second-order valence-corrected chi connectivity index (χ2v) is 14.3. The number of hydrogen-bond acceptors (Lipinski definition) is 6. The van der Waals surface area contributed by atoms with Crippen molar-refractivity contribution in [2.75, 3.05) is 36.6 Å². The minimum Gasteiger partial charge on any atom is -0.508 e. The lowest BCUT2D eigenvalue weighted by Crippen LogP contribution is -2.42. The van der Waals surface area contributed by atoms with Crippen LogP contribution in [0.25, 0.3) is 22.2 Å². The maximum Gasteiger partial charge on any atom is 0.259 e. The van der Waals surface area contributed by atoms with E-state index in [0.717, 1.165) is 40.0 Å². The van der Waals surface area contributed by atoms with Gasteiger partial charge in [-0.1, -0.05) is 24.3 Å². The van der Waals surface area contributed by atoms with Crippen LogP contribution in [0.5, 0.6) is 17.2 Å². The molecule has 0 spiro atoms. The number of hydrogen-bond donors (Lipinski definition) is 1. The first-order chi connectivity index (χ1) is 25.7. The van der Waals surface area contributed by atoms with Gasteiger partial charge < -0.3 is 38.4 Å². The van der Waals surface area contributed by atoms with Crippen molar-refractivity contribution < 1.29 is 24.2 Å². The van der Waals surface area contributed by atoms with E-state index < -0.39 is 0 Å². The first-order valence-electron chi connectivity index (χ1n) is 18.1.